The van der Waals surface area contributed by atoms with Crippen LogP contribution in [0.5, 0.6) is 5.75 Å². The van der Waals surface area contributed by atoms with E-state index in [4.69, 9.17) is 16.3 Å². The lowest BCUT2D eigenvalue weighted by Crippen LogP contribution is -2.47. The van der Waals surface area contributed by atoms with Crippen LogP contribution in [-0.4, -0.2) is 57.5 Å². The smallest absolute Gasteiger partial charge is 0.235 e. The molecule has 3 aromatic rings. The third-order valence-electron chi connectivity index (χ3n) is 7.88. The highest BCUT2D eigenvalue weighted by molar-refractivity contribution is 6.31. The summed E-state index contributed by atoms with van der Waals surface area (Å²) in [4.78, 5) is 15.1. The predicted octanol–water partition coefficient (Wildman–Crippen LogP) is 4.28. The number of fused-ring (bicyclic) bond motifs is 3. The average molecular weight is 499 g/mol. The first kappa shape index (κ1) is 22.8. The average Bonchev–Trinajstić information content (AvgIpc) is 3.33. The number of hydrogen-bond acceptors (Lipinski definition) is 5. The topological polar surface area (TPSA) is 79.6 Å². The molecule has 1 amide bonds. The van der Waals surface area contributed by atoms with Gasteiger partial charge in [-0.3, -0.25) is 14.4 Å². The number of hydrogen-bond donors (Lipinski definition) is 2. The number of aromatic nitrogens is 2. The van der Waals surface area contributed by atoms with Crippen LogP contribution in [0.4, 0.5) is 10.1 Å². The van der Waals surface area contributed by atoms with Crippen molar-refractivity contribution < 1.29 is 19.0 Å². The second-order valence-corrected chi connectivity index (χ2v) is 10.8. The molecule has 0 atom stereocenters. The van der Waals surface area contributed by atoms with Gasteiger partial charge in [-0.05, 0) is 75.5 Å². The van der Waals surface area contributed by atoms with Gasteiger partial charge in [-0.2, -0.15) is 5.10 Å². The van der Waals surface area contributed by atoms with E-state index in [1.807, 2.05) is 18.2 Å². The van der Waals surface area contributed by atoms with Gasteiger partial charge in [-0.15, -0.1) is 0 Å². The van der Waals surface area contributed by atoms with Gasteiger partial charge < -0.3 is 15.2 Å². The number of carbonyl (C=O) groups is 1. The van der Waals surface area contributed by atoms with E-state index in [-0.39, 0.29) is 17.8 Å². The van der Waals surface area contributed by atoms with Gasteiger partial charge >= 0.3 is 0 Å². The molecule has 6 rings (SSSR count). The molecule has 0 bridgehead atoms. The fourth-order valence-electron chi connectivity index (χ4n) is 5.94. The summed E-state index contributed by atoms with van der Waals surface area (Å²) >= 11 is 6.21. The number of likely N-dealkylation sites (tertiary alicyclic amines) is 1. The highest BCUT2D eigenvalue weighted by Crippen LogP contribution is 2.46. The van der Waals surface area contributed by atoms with Gasteiger partial charge in [0, 0.05) is 28.7 Å². The Morgan fingerprint density at radius 1 is 1.26 bits per heavy atom. The number of benzene rings is 2. The summed E-state index contributed by atoms with van der Waals surface area (Å²) in [5, 5.41) is 18.7. The highest BCUT2D eigenvalue weighted by atomic mass is 35.5. The van der Waals surface area contributed by atoms with Gasteiger partial charge in [0.1, 0.15) is 17.9 Å². The van der Waals surface area contributed by atoms with Gasteiger partial charge in [-0.1, -0.05) is 11.6 Å². The van der Waals surface area contributed by atoms with E-state index < -0.39 is 11.0 Å². The van der Waals surface area contributed by atoms with Crippen LogP contribution < -0.4 is 10.1 Å². The Kier molecular flexibility index (Phi) is 5.32. The van der Waals surface area contributed by atoms with Gasteiger partial charge in [0.25, 0.3) is 0 Å². The summed E-state index contributed by atoms with van der Waals surface area (Å²) in [6.45, 7) is 4.45. The van der Waals surface area contributed by atoms with Crippen LogP contribution in [-0.2, 0) is 10.2 Å². The second kappa shape index (κ2) is 8.18. The molecule has 1 saturated carbocycles. The molecule has 184 valence electrons. The molecule has 1 saturated heterocycles. The molecular weight excluding hydrogens is 471 g/mol. The predicted molar refractivity (Wildman–Crippen MR) is 132 cm³/mol. The lowest BCUT2D eigenvalue weighted by atomic mass is 9.73. The molecule has 2 fully saturated rings. The van der Waals surface area contributed by atoms with Crippen molar-refractivity contribution in [3.05, 3.63) is 52.9 Å². The second-order valence-electron chi connectivity index (χ2n) is 10.4. The molecular formula is C26H28ClFN4O3. The summed E-state index contributed by atoms with van der Waals surface area (Å²) < 4.78 is 22.5. The van der Waals surface area contributed by atoms with Gasteiger partial charge in [-0.25, -0.2) is 4.39 Å². The van der Waals surface area contributed by atoms with Crippen molar-refractivity contribution in [3.63, 3.8) is 0 Å². The molecule has 0 radical (unpaired) electrons. The van der Waals surface area contributed by atoms with E-state index in [1.54, 1.807) is 23.9 Å². The molecule has 3 heterocycles. The van der Waals surface area contributed by atoms with Crippen molar-refractivity contribution in [3.8, 4) is 5.75 Å². The number of carbonyl (C=O) groups excluding carboxylic acids is 1. The number of nitrogens with one attached hydrogen (secondary N) is 1. The molecule has 2 N–H and O–H groups in total. The first-order valence-corrected chi connectivity index (χ1v) is 12.5. The molecule has 9 heteroatoms. The molecule has 3 aliphatic rings. The Labute approximate surface area is 207 Å². The van der Waals surface area contributed by atoms with Gasteiger partial charge in [0.2, 0.25) is 5.91 Å². The Balaban J connectivity index is 1.07. The molecule has 1 aromatic heterocycles. The SMILES string of the molecule is CC1(O)CC(n2ncc3cc(OCCN4CCC5(CC4)C(=O)Nc4ccc(Cl)cc45)cc(F)c32)C1. The Bertz CT molecular complexity index is 1310. The zero-order valence-electron chi connectivity index (χ0n) is 19.6. The quantitative estimate of drug-likeness (QED) is 0.549. The zero-order chi connectivity index (χ0) is 24.4. The standard InChI is InChI=1S/C26H28ClFN4O3/c1-25(34)13-18(14-25)32-23-16(15-29-32)10-19(12-21(23)28)35-9-8-31-6-4-26(5-7-31)20-11-17(27)2-3-22(20)30-24(26)33/h2-3,10-12,15,18,34H,4-9,13-14H2,1H3,(H,30,33). The van der Waals surface area contributed by atoms with Crippen LogP contribution in [0.2, 0.25) is 5.02 Å². The fourth-order valence-corrected chi connectivity index (χ4v) is 6.11. The minimum absolute atomic E-state index is 0.0103. The van der Waals surface area contributed by atoms with Crippen molar-refractivity contribution in [2.24, 2.45) is 0 Å². The summed E-state index contributed by atoms with van der Waals surface area (Å²) in [6.07, 6.45) is 4.23. The third kappa shape index (κ3) is 3.88. The van der Waals surface area contributed by atoms with Crippen molar-refractivity contribution in [1.29, 1.82) is 0 Å². The Morgan fingerprint density at radius 3 is 2.77 bits per heavy atom. The largest absolute Gasteiger partial charge is 0.492 e. The number of piperidine rings is 1. The van der Waals surface area contributed by atoms with E-state index >= 15 is 0 Å². The molecule has 2 aromatic carbocycles. The third-order valence-corrected chi connectivity index (χ3v) is 8.11. The van der Waals surface area contributed by atoms with Crippen LogP contribution in [0, 0.1) is 5.82 Å². The summed E-state index contributed by atoms with van der Waals surface area (Å²) in [5.41, 5.74) is 1.10. The number of anilines is 1. The van der Waals surface area contributed by atoms with Crippen LogP contribution >= 0.6 is 11.6 Å². The van der Waals surface area contributed by atoms with E-state index in [0.717, 1.165) is 37.2 Å². The molecule has 0 unspecified atom stereocenters. The maximum atomic E-state index is 14.9. The zero-order valence-corrected chi connectivity index (χ0v) is 20.3. The number of halogens is 2. The van der Waals surface area contributed by atoms with E-state index in [0.29, 0.717) is 47.7 Å². The molecule has 35 heavy (non-hydrogen) atoms. The number of nitrogens with zero attached hydrogens (tertiary/aromatic N) is 3. The summed E-state index contributed by atoms with van der Waals surface area (Å²) in [6, 6.07) is 8.82. The number of rotatable bonds is 5. The molecule has 7 nitrogen and oxygen atoms in total. The highest BCUT2D eigenvalue weighted by Gasteiger charge is 2.48. The minimum atomic E-state index is -0.700. The van der Waals surface area contributed by atoms with Crippen molar-refractivity contribution >= 4 is 34.1 Å². The van der Waals surface area contributed by atoms with Crippen molar-refractivity contribution in [1.82, 2.24) is 14.7 Å². The first-order chi connectivity index (χ1) is 16.7. The maximum absolute atomic E-state index is 14.9. The minimum Gasteiger partial charge on any atom is -0.492 e. The van der Waals surface area contributed by atoms with Gasteiger partial charge in [0.15, 0.2) is 5.82 Å². The van der Waals surface area contributed by atoms with Crippen LogP contribution in [0.25, 0.3) is 10.9 Å². The van der Waals surface area contributed by atoms with E-state index in [1.165, 1.54) is 6.07 Å². The monoisotopic (exact) mass is 498 g/mol. The van der Waals surface area contributed by atoms with E-state index in [9.17, 15) is 14.3 Å². The van der Waals surface area contributed by atoms with Crippen molar-refractivity contribution in [2.75, 3.05) is 31.6 Å². The van der Waals surface area contributed by atoms with Gasteiger partial charge in [0.05, 0.1) is 23.3 Å². The molecule has 1 aliphatic carbocycles. The van der Waals surface area contributed by atoms with Crippen LogP contribution in [0.3, 0.4) is 0 Å². The Hall–Kier alpha value is -2.68. The normalized spacial score (nSPS) is 25.5. The van der Waals surface area contributed by atoms with Crippen molar-refractivity contribution in [2.45, 2.75) is 49.7 Å². The van der Waals surface area contributed by atoms with E-state index in [2.05, 4.69) is 15.3 Å². The fraction of sp³-hybridized carbons (Fsp3) is 0.462. The first-order valence-electron chi connectivity index (χ1n) is 12.1. The number of ether oxygens (including phenoxy) is 1. The lowest BCUT2D eigenvalue weighted by molar-refractivity contribution is -0.122. The van der Waals surface area contributed by atoms with Crippen LogP contribution in [0.1, 0.15) is 44.2 Å². The summed E-state index contributed by atoms with van der Waals surface area (Å²) in [5.74, 6) is 0.161. The molecule has 2 aliphatic heterocycles. The molecule has 1 spiro atoms. The number of amides is 1. The maximum Gasteiger partial charge on any atom is 0.235 e. The Morgan fingerprint density at radius 2 is 2.03 bits per heavy atom. The lowest BCUT2D eigenvalue weighted by Gasteiger charge is -2.41. The summed E-state index contributed by atoms with van der Waals surface area (Å²) in [7, 11) is 0. The van der Waals surface area contributed by atoms with Crippen LogP contribution in [0.15, 0.2) is 36.5 Å². The number of aliphatic hydroxyl groups is 1.